The van der Waals surface area contributed by atoms with Gasteiger partial charge in [-0.3, -0.25) is 0 Å². The molecule has 0 amide bonds. The molecule has 0 saturated carbocycles. The van der Waals surface area contributed by atoms with Gasteiger partial charge in [0.05, 0.1) is 11.1 Å². The maximum atomic E-state index is 11.9. The van der Waals surface area contributed by atoms with Crippen LogP contribution in [0, 0.1) is 0 Å². The second-order valence-electron chi connectivity index (χ2n) is 8.72. The highest BCUT2D eigenvalue weighted by Gasteiger charge is 2.28. The van der Waals surface area contributed by atoms with E-state index < -0.39 is 11.9 Å². The lowest BCUT2D eigenvalue weighted by Gasteiger charge is -2.27. The minimum absolute atomic E-state index is 0.242. The van der Waals surface area contributed by atoms with Crippen molar-refractivity contribution >= 4 is 55.0 Å². The standard InChI is InChI=1S/C30H16O4/c31-29(32)15-9-11-21-23(13-15)27-19-7-3-1-5-17(19)25(21)28-20-8-4-2-6-18(20)26(27)22-12-10-16(30(33)34)14-24(22)28/h1-14H,(H,31,32)(H,33,34). The van der Waals surface area contributed by atoms with E-state index in [0.717, 1.165) is 65.3 Å². The lowest BCUT2D eigenvalue weighted by molar-refractivity contribution is 0.0686. The molecule has 0 fully saturated rings. The molecule has 4 aliphatic rings. The summed E-state index contributed by atoms with van der Waals surface area (Å²) in [6, 6.07) is 27.0. The zero-order valence-corrected chi connectivity index (χ0v) is 17.8. The van der Waals surface area contributed by atoms with Gasteiger partial charge in [-0.15, -0.1) is 0 Å². The molecule has 6 aromatic rings. The Morgan fingerprint density at radius 2 is 0.706 bits per heavy atom. The Balaban J connectivity index is 1.87. The summed E-state index contributed by atoms with van der Waals surface area (Å²) in [7, 11) is 0. The van der Waals surface area contributed by atoms with Gasteiger partial charge in [0.25, 0.3) is 0 Å². The Morgan fingerprint density at radius 1 is 0.412 bits per heavy atom. The molecule has 4 nitrogen and oxygen atoms in total. The van der Waals surface area contributed by atoms with Gasteiger partial charge in [0, 0.05) is 0 Å². The van der Waals surface area contributed by atoms with Crippen molar-refractivity contribution in [3.8, 4) is 22.3 Å². The normalized spacial score (nSPS) is 12.0. The van der Waals surface area contributed by atoms with Crippen LogP contribution in [0.4, 0.5) is 0 Å². The smallest absolute Gasteiger partial charge is 0.335 e. The summed E-state index contributed by atoms with van der Waals surface area (Å²) in [5.74, 6) is -1.93. The number of hydrogen-bond acceptors (Lipinski definition) is 2. The van der Waals surface area contributed by atoms with E-state index in [1.807, 2.05) is 36.4 Å². The molecule has 4 bridgehead atoms. The van der Waals surface area contributed by atoms with Crippen LogP contribution in [-0.2, 0) is 0 Å². The van der Waals surface area contributed by atoms with Crippen LogP contribution < -0.4 is 0 Å². The Morgan fingerprint density at radius 3 is 1.03 bits per heavy atom. The topological polar surface area (TPSA) is 74.6 Å². The van der Waals surface area contributed by atoms with Crippen molar-refractivity contribution in [1.82, 2.24) is 0 Å². The third-order valence-electron chi connectivity index (χ3n) is 7.04. The van der Waals surface area contributed by atoms with Crippen molar-refractivity contribution in [2.24, 2.45) is 0 Å². The van der Waals surface area contributed by atoms with Crippen LogP contribution in [0.3, 0.4) is 0 Å². The van der Waals surface area contributed by atoms with Crippen molar-refractivity contribution in [2.75, 3.05) is 0 Å². The molecular formula is C30H16O4. The number of hydrogen-bond donors (Lipinski definition) is 2. The monoisotopic (exact) mass is 440 g/mol. The molecule has 160 valence electrons. The molecule has 4 aliphatic carbocycles. The summed E-state index contributed by atoms with van der Waals surface area (Å²) >= 11 is 0. The van der Waals surface area contributed by atoms with Crippen LogP contribution in [0.2, 0.25) is 0 Å². The molecule has 2 N–H and O–H groups in total. The van der Waals surface area contributed by atoms with Crippen LogP contribution in [0.1, 0.15) is 20.7 Å². The van der Waals surface area contributed by atoms with E-state index in [2.05, 4.69) is 24.3 Å². The van der Waals surface area contributed by atoms with Gasteiger partial charge in [-0.2, -0.15) is 0 Å². The predicted octanol–water partition coefficient (Wildman–Crippen LogP) is 7.34. The molecule has 0 aromatic heterocycles. The van der Waals surface area contributed by atoms with Gasteiger partial charge >= 0.3 is 11.9 Å². The molecule has 0 spiro atoms. The third kappa shape index (κ3) is 2.27. The van der Waals surface area contributed by atoms with Crippen LogP contribution in [0.15, 0.2) is 84.9 Å². The second-order valence-corrected chi connectivity index (χ2v) is 8.72. The average molecular weight is 440 g/mol. The molecule has 0 aliphatic heterocycles. The molecule has 34 heavy (non-hydrogen) atoms. The van der Waals surface area contributed by atoms with Gasteiger partial charge in [0.2, 0.25) is 0 Å². The number of carbonyl (C=O) groups is 2. The molecule has 4 heteroatoms. The first-order valence-electron chi connectivity index (χ1n) is 11.0. The van der Waals surface area contributed by atoms with Crippen LogP contribution in [0.25, 0.3) is 65.3 Å². The lowest BCUT2D eigenvalue weighted by Crippen LogP contribution is -2.02. The quantitative estimate of drug-likeness (QED) is 0.276. The van der Waals surface area contributed by atoms with Crippen molar-refractivity contribution in [1.29, 1.82) is 0 Å². The summed E-state index contributed by atoms with van der Waals surface area (Å²) in [5.41, 5.74) is 4.45. The average Bonchev–Trinajstić information content (AvgIpc) is 2.84. The molecule has 10 rings (SSSR count). The fourth-order valence-corrected chi connectivity index (χ4v) is 5.70. The number of carboxylic acid groups (broad SMARTS) is 2. The van der Waals surface area contributed by atoms with Gasteiger partial charge in [0.15, 0.2) is 0 Å². The maximum Gasteiger partial charge on any atom is 0.335 e. The summed E-state index contributed by atoms with van der Waals surface area (Å²) in [5, 5.41) is 27.4. The van der Waals surface area contributed by atoms with Crippen molar-refractivity contribution in [3.63, 3.8) is 0 Å². The third-order valence-corrected chi connectivity index (χ3v) is 7.04. The fourth-order valence-electron chi connectivity index (χ4n) is 5.70. The molecule has 6 aromatic carbocycles. The molecule has 0 heterocycles. The number of benzene rings is 6. The maximum absolute atomic E-state index is 11.9. The minimum atomic E-state index is -0.964. The summed E-state index contributed by atoms with van der Waals surface area (Å²) in [6.45, 7) is 0. The van der Waals surface area contributed by atoms with E-state index in [-0.39, 0.29) is 11.1 Å². The molecule has 0 unspecified atom stereocenters. The SMILES string of the molecule is O=C(O)c1ccc2c3c4ccccc4c(c2c1)-c1c2ccccc2c-3c2cc(C(=O)O)ccc12. The van der Waals surface area contributed by atoms with Crippen molar-refractivity contribution in [2.45, 2.75) is 0 Å². The summed E-state index contributed by atoms with van der Waals surface area (Å²) in [4.78, 5) is 23.7. The molecule has 0 atom stereocenters. The van der Waals surface area contributed by atoms with E-state index >= 15 is 0 Å². The largest absolute Gasteiger partial charge is 0.478 e. The van der Waals surface area contributed by atoms with Gasteiger partial charge < -0.3 is 10.2 Å². The Labute approximate surface area is 193 Å². The van der Waals surface area contributed by atoms with E-state index in [4.69, 9.17) is 0 Å². The Hall–Kier alpha value is -4.70. The van der Waals surface area contributed by atoms with E-state index in [1.54, 1.807) is 24.3 Å². The minimum Gasteiger partial charge on any atom is -0.478 e. The first kappa shape index (κ1) is 18.8. The highest BCUT2D eigenvalue weighted by atomic mass is 16.4. The lowest BCUT2D eigenvalue weighted by atomic mass is 9.75. The zero-order valence-electron chi connectivity index (χ0n) is 17.8. The van der Waals surface area contributed by atoms with Gasteiger partial charge in [-0.1, -0.05) is 60.7 Å². The first-order chi connectivity index (χ1) is 16.5. The van der Waals surface area contributed by atoms with Gasteiger partial charge in [-0.05, 0) is 89.6 Å². The molecule has 0 saturated heterocycles. The second kappa shape index (κ2) is 6.42. The van der Waals surface area contributed by atoms with Crippen molar-refractivity contribution < 1.29 is 19.8 Å². The molecular weight excluding hydrogens is 424 g/mol. The van der Waals surface area contributed by atoms with Crippen LogP contribution >= 0.6 is 0 Å². The van der Waals surface area contributed by atoms with E-state index in [0.29, 0.717) is 0 Å². The Bertz CT molecular complexity index is 1770. The summed E-state index contributed by atoms with van der Waals surface area (Å²) in [6.07, 6.45) is 0. The van der Waals surface area contributed by atoms with Crippen molar-refractivity contribution in [3.05, 3.63) is 96.1 Å². The van der Waals surface area contributed by atoms with Gasteiger partial charge in [0.1, 0.15) is 0 Å². The number of aromatic carboxylic acids is 2. The molecule has 0 radical (unpaired) electrons. The Kier molecular flexibility index (Phi) is 3.56. The van der Waals surface area contributed by atoms with E-state index in [1.165, 1.54) is 0 Å². The number of carboxylic acids is 2. The summed E-state index contributed by atoms with van der Waals surface area (Å²) < 4.78 is 0. The highest BCUT2D eigenvalue weighted by molar-refractivity contribution is 6.36. The van der Waals surface area contributed by atoms with Crippen LogP contribution in [0.5, 0.6) is 0 Å². The number of rotatable bonds is 2. The first-order valence-corrected chi connectivity index (χ1v) is 11.0. The van der Waals surface area contributed by atoms with Gasteiger partial charge in [-0.25, -0.2) is 9.59 Å². The fraction of sp³-hybridized carbons (Fsp3) is 0. The van der Waals surface area contributed by atoms with Crippen LogP contribution in [-0.4, -0.2) is 22.2 Å². The predicted molar refractivity (Wildman–Crippen MR) is 135 cm³/mol. The highest BCUT2D eigenvalue weighted by Crippen LogP contribution is 2.54. The zero-order chi connectivity index (χ0) is 23.1. The van der Waals surface area contributed by atoms with E-state index in [9.17, 15) is 19.8 Å².